The average Bonchev–Trinajstić information content (AvgIpc) is 3.62. The number of H-pyrrole nitrogens is 1. The molecule has 7 heteroatoms. The van der Waals surface area contributed by atoms with Crippen molar-refractivity contribution in [1.82, 2.24) is 19.7 Å². The lowest BCUT2D eigenvalue weighted by molar-refractivity contribution is -0.142. The predicted molar refractivity (Wildman–Crippen MR) is 153 cm³/mol. The molecule has 39 heavy (non-hydrogen) atoms. The van der Waals surface area contributed by atoms with E-state index < -0.39 is 0 Å². The molecular weight excluding hydrogens is 488 g/mol. The predicted octanol–water partition coefficient (Wildman–Crippen LogP) is 4.63. The van der Waals surface area contributed by atoms with Crippen molar-refractivity contribution in [3.63, 3.8) is 0 Å². The Morgan fingerprint density at radius 1 is 0.872 bits per heavy atom. The molecule has 3 aromatic rings. The number of aromatic amines is 1. The standard InChI is InChI=1S/C32H40N4O3/c1-22-7-5-8-23(2)29(22)24-12-14-34(15-13-24)21-26-25-9-3-4-10-27(25)33-30(26)32(38)36-18-16-35(17-19-36)31(37)28-11-6-20-39-28/h3-5,7-10,24,28,33H,6,11-21H2,1-2H3. The number of amides is 2. The highest BCUT2D eigenvalue weighted by Gasteiger charge is 2.33. The number of fused-ring (bicyclic) bond motifs is 1. The highest BCUT2D eigenvalue weighted by molar-refractivity contribution is 6.01. The van der Waals surface area contributed by atoms with Crippen LogP contribution in [0.5, 0.6) is 0 Å². The lowest BCUT2D eigenvalue weighted by Crippen LogP contribution is -2.53. The monoisotopic (exact) mass is 528 g/mol. The van der Waals surface area contributed by atoms with E-state index in [1.54, 1.807) is 0 Å². The number of ether oxygens (including phenoxy) is 1. The maximum absolute atomic E-state index is 13.8. The van der Waals surface area contributed by atoms with E-state index in [-0.39, 0.29) is 17.9 Å². The fraction of sp³-hybridized carbons (Fsp3) is 0.500. The number of hydrogen-bond donors (Lipinski definition) is 1. The summed E-state index contributed by atoms with van der Waals surface area (Å²) in [7, 11) is 0. The molecule has 1 atom stereocenters. The van der Waals surface area contributed by atoms with Crippen LogP contribution in [-0.2, 0) is 16.1 Å². The summed E-state index contributed by atoms with van der Waals surface area (Å²) in [6.07, 6.45) is 3.72. The molecule has 0 radical (unpaired) electrons. The van der Waals surface area contributed by atoms with Crippen LogP contribution in [-0.4, -0.2) is 83.5 Å². The summed E-state index contributed by atoms with van der Waals surface area (Å²) in [6, 6.07) is 14.9. The van der Waals surface area contributed by atoms with Gasteiger partial charge in [0.15, 0.2) is 0 Å². The number of nitrogens with zero attached hydrogens (tertiary/aromatic N) is 3. The van der Waals surface area contributed by atoms with Crippen LogP contribution in [0.15, 0.2) is 42.5 Å². The molecule has 0 bridgehead atoms. The highest BCUT2D eigenvalue weighted by Crippen LogP contribution is 2.34. The summed E-state index contributed by atoms with van der Waals surface area (Å²) < 4.78 is 5.60. The fourth-order valence-corrected chi connectivity index (χ4v) is 6.89. The minimum atomic E-state index is -0.300. The van der Waals surface area contributed by atoms with E-state index in [0.717, 1.165) is 61.8 Å². The molecule has 206 valence electrons. The molecule has 6 rings (SSSR count). The minimum absolute atomic E-state index is 0.0378. The van der Waals surface area contributed by atoms with Crippen molar-refractivity contribution in [3.05, 3.63) is 70.4 Å². The zero-order valence-electron chi connectivity index (χ0n) is 23.2. The van der Waals surface area contributed by atoms with Gasteiger partial charge in [0.2, 0.25) is 0 Å². The van der Waals surface area contributed by atoms with Crippen molar-refractivity contribution < 1.29 is 14.3 Å². The molecule has 3 saturated heterocycles. The van der Waals surface area contributed by atoms with Crippen molar-refractivity contribution in [3.8, 4) is 0 Å². The van der Waals surface area contributed by atoms with Crippen LogP contribution in [0.3, 0.4) is 0 Å². The van der Waals surface area contributed by atoms with Crippen LogP contribution in [0.2, 0.25) is 0 Å². The number of hydrogen-bond acceptors (Lipinski definition) is 4. The van der Waals surface area contributed by atoms with E-state index in [1.165, 1.54) is 16.7 Å². The Bertz CT molecular complexity index is 1320. The number of piperazine rings is 1. The summed E-state index contributed by atoms with van der Waals surface area (Å²) in [5.74, 6) is 0.714. The van der Waals surface area contributed by atoms with Gasteiger partial charge in [-0.05, 0) is 81.3 Å². The molecule has 0 aliphatic carbocycles. The number of aryl methyl sites for hydroxylation is 2. The Labute approximate surface area is 231 Å². The number of benzene rings is 2. The maximum atomic E-state index is 13.8. The number of para-hydroxylation sites is 1. The van der Waals surface area contributed by atoms with E-state index in [2.05, 4.69) is 60.1 Å². The molecule has 0 saturated carbocycles. The first-order valence-electron chi connectivity index (χ1n) is 14.6. The number of nitrogens with one attached hydrogen (secondary N) is 1. The zero-order chi connectivity index (χ0) is 26.9. The molecule has 1 unspecified atom stereocenters. The summed E-state index contributed by atoms with van der Waals surface area (Å²) in [6.45, 7) is 10.2. The summed E-state index contributed by atoms with van der Waals surface area (Å²) in [5.41, 5.74) is 7.13. The van der Waals surface area contributed by atoms with Crippen molar-refractivity contribution in [2.75, 3.05) is 45.9 Å². The van der Waals surface area contributed by atoms with Crippen LogP contribution in [0, 0.1) is 13.8 Å². The SMILES string of the molecule is Cc1cccc(C)c1C1CCN(Cc2c(C(=O)N3CCN(C(=O)C4CCCO4)CC3)[nH]c3ccccc23)CC1. The van der Waals surface area contributed by atoms with Gasteiger partial charge in [-0.3, -0.25) is 14.5 Å². The van der Waals surface area contributed by atoms with E-state index in [1.807, 2.05) is 15.9 Å². The first-order chi connectivity index (χ1) is 19.0. The van der Waals surface area contributed by atoms with Gasteiger partial charge in [0.25, 0.3) is 11.8 Å². The number of carbonyl (C=O) groups is 2. The third kappa shape index (κ3) is 5.22. The van der Waals surface area contributed by atoms with Crippen molar-refractivity contribution in [2.24, 2.45) is 0 Å². The molecular formula is C32H40N4O3. The van der Waals surface area contributed by atoms with Gasteiger partial charge in [-0.1, -0.05) is 36.4 Å². The maximum Gasteiger partial charge on any atom is 0.270 e. The Balaban J connectivity index is 1.15. The first-order valence-corrected chi connectivity index (χ1v) is 14.6. The van der Waals surface area contributed by atoms with Gasteiger partial charge in [-0.2, -0.15) is 0 Å². The lowest BCUT2D eigenvalue weighted by Gasteiger charge is -2.36. The van der Waals surface area contributed by atoms with Gasteiger partial charge in [0, 0.05) is 55.8 Å². The molecule has 2 aromatic carbocycles. The fourth-order valence-electron chi connectivity index (χ4n) is 6.89. The smallest absolute Gasteiger partial charge is 0.270 e. The summed E-state index contributed by atoms with van der Waals surface area (Å²) in [4.78, 5) is 36.3. The Kier molecular flexibility index (Phi) is 7.45. The van der Waals surface area contributed by atoms with Crippen molar-refractivity contribution in [2.45, 2.75) is 58.1 Å². The Morgan fingerprint density at radius 3 is 2.26 bits per heavy atom. The average molecular weight is 529 g/mol. The van der Waals surface area contributed by atoms with E-state index in [0.29, 0.717) is 44.4 Å². The third-order valence-corrected chi connectivity index (χ3v) is 9.03. The topological polar surface area (TPSA) is 68.9 Å². The lowest BCUT2D eigenvalue weighted by atomic mass is 9.84. The molecule has 3 fully saturated rings. The van der Waals surface area contributed by atoms with Gasteiger partial charge in [-0.25, -0.2) is 0 Å². The highest BCUT2D eigenvalue weighted by atomic mass is 16.5. The van der Waals surface area contributed by atoms with Crippen molar-refractivity contribution >= 4 is 22.7 Å². The molecule has 3 aliphatic heterocycles. The number of piperidine rings is 1. The van der Waals surface area contributed by atoms with Crippen LogP contribution in [0.25, 0.3) is 10.9 Å². The second-order valence-electron chi connectivity index (χ2n) is 11.5. The van der Waals surface area contributed by atoms with Crippen molar-refractivity contribution in [1.29, 1.82) is 0 Å². The van der Waals surface area contributed by atoms with Gasteiger partial charge in [0.1, 0.15) is 11.8 Å². The number of carbonyl (C=O) groups excluding carboxylic acids is 2. The van der Waals surface area contributed by atoms with Gasteiger partial charge in [0.05, 0.1) is 0 Å². The van der Waals surface area contributed by atoms with Crippen LogP contribution in [0.4, 0.5) is 0 Å². The quantitative estimate of drug-likeness (QED) is 0.525. The molecule has 4 heterocycles. The van der Waals surface area contributed by atoms with Crippen LogP contribution in [0.1, 0.15) is 64.3 Å². The largest absolute Gasteiger partial charge is 0.368 e. The molecule has 7 nitrogen and oxygen atoms in total. The molecule has 3 aliphatic rings. The van der Waals surface area contributed by atoms with Gasteiger partial charge < -0.3 is 19.5 Å². The van der Waals surface area contributed by atoms with E-state index in [9.17, 15) is 9.59 Å². The number of likely N-dealkylation sites (tertiary alicyclic amines) is 1. The van der Waals surface area contributed by atoms with Gasteiger partial charge >= 0.3 is 0 Å². The number of aromatic nitrogens is 1. The van der Waals surface area contributed by atoms with Crippen LogP contribution >= 0.6 is 0 Å². The van der Waals surface area contributed by atoms with Crippen LogP contribution < -0.4 is 0 Å². The normalized spacial score (nSPS) is 21.1. The summed E-state index contributed by atoms with van der Waals surface area (Å²) in [5, 5.41) is 1.13. The molecule has 2 amide bonds. The summed E-state index contributed by atoms with van der Waals surface area (Å²) >= 11 is 0. The molecule has 1 aromatic heterocycles. The second kappa shape index (κ2) is 11.1. The van der Waals surface area contributed by atoms with Gasteiger partial charge in [-0.15, -0.1) is 0 Å². The molecule has 1 N–H and O–H groups in total. The van der Waals surface area contributed by atoms with E-state index in [4.69, 9.17) is 4.74 Å². The molecule has 0 spiro atoms. The third-order valence-electron chi connectivity index (χ3n) is 9.03. The Morgan fingerprint density at radius 2 is 1.56 bits per heavy atom. The number of rotatable bonds is 5. The minimum Gasteiger partial charge on any atom is -0.368 e. The first kappa shape index (κ1) is 26.1. The van der Waals surface area contributed by atoms with E-state index >= 15 is 0 Å². The Hall–Kier alpha value is -3.16. The zero-order valence-corrected chi connectivity index (χ0v) is 23.2. The second-order valence-corrected chi connectivity index (χ2v) is 11.5.